The fourth-order valence-corrected chi connectivity index (χ4v) is 2.66. The van der Waals surface area contributed by atoms with Crippen molar-refractivity contribution < 1.29 is 0 Å². The van der Waals surface area contributed by atoms with Gasteiger partial charge in [-0.2, -0.15) is 5.10 Å². The Bertz CT molecular complexity index is 666. The van der Waals surface area contributed by atoms with Gasteiger partial charge in [0.25, 0.3) is 0 Å². The molecule has 0 aromatic heterocycles. The first-order valence-electron chi connectivity index (χ1n) is 7.40. The number of hydrogen-bond donors (Lipinski definition) is 1. The molecule has 2 rings (SSSR count). The lowest BCUT2D eigenvalue weighted by atomic mass is 10.1. The number of thioether (sulfide) groups is 1. The molecule has 0 aliphatic heterocycles. The Morgan fingerprint density at radius 2 is 1.83 bits per heavy atom. The number of hydrogen-bond acceptors (Lipinski definition) is 4. The van der Waals surface area contributed by atoms with Gasteiger partial charge < -0.3 is 10.6 Å². The van der Waals surface area contributed by atoms with E-state index in [-0.39, 0.29) is 0 Å². The van der Waals surface area contributed by atoms with Crippen LogP contribution in [0.5, 0.6) is 0 Å². The van der Waals surface area contributed by atoms with Crippen LogP contribution in [0.1, 0.15) is 16.7 Å². The zero-order chi connectivity index (χ0) is 16.5. The quantitative estimate of drug-likeness (QED) is 0.503. The summed E-state index contributed by atoms with van der Waals surface area (Å²) < 4.78 is 0. The van der Waals surface area contributed by atoms with Gasteiger partial charge in [0.2, 0.25) is 0 Å². The van der Waals surface area contributed by atoms with E-state index in [2.05, 4.69) is 53.5 Å². The summed E-state index contributed by atoms with van der Waals surface area (Å²) in [5.74, 6) is 0.796. The smallest absolute Gasteiger partial charge is 0.180 e. The van der Waals surface area contributed by atoms with Crippen molar-refractivity contribution in [1.29, 1.82) is 0 Å². The van der Waals surface area contributed by atoms with E-state index >= 15 is 0 Å². The van der Waals surface area contributed by atoms with Gasteiger partial charge in [-0.1, -0.05) is 60.3 Å². The third-order valence-corrected chi connectivity index (χ3v) is 3.90. The molecule has 23 heavy (non-hydrogen) atoms. The molecule has 2 aromatic rings. The molecule has 0 saturated carbocycles. The first-order chi connectivity index (χ1) is 11.1. The van der Waals surface area contributed by atoms with Crippen LogP contribution < -0.4 is 5.73 Å². The minimum absolute atomic E-state index is 0.467. The zero-order valence-corrected chi connectivity index (χ0v) is 14.3. The van der Waals surface area contributed by atoms with Crippen LogP contribution in [0.2, 0.25) is 0 Å². The average molecular weight is 326 g/mol. The molecule has 0 saturated heterocycles. The molecule has 0 radical (unpaired) electrons. The van der Waals surface area contributed by atoms with Crippen molar-refractivity contribution in [2.75, 3.05) is 14.1 Å². The molecule has 0 heterocycles. The summed E-state index contributed by atoms with van der Waals surface area (Å²) in [6.07, 6.45) is 1.73. The van der Waals surface area contributed by atoms with Crippen LogP contribution in [0.3, 0.4) is 0 Å². The van der Waals surface area contributed by atoms with Crippen molar-refractivity contribution in [3.8, 4) is 0 Å². The maximum atomic E-state index is 5.87. The predicted molar refractivity (Wildman–Crippen MR) is 101 cm³/mol. The molecule has 5 heteroatoms. The number of nitrogens with zero attached hydrogens (tertiary/aromatic N) is 3. The first kappa shape index (κ1) is 17.2. The molecule has 0 aliphatic carbocycles. The molecule has 0 bridgehead atoms. The van der Waals surface area contributed by atoms with Crippen LogP contribution >= 0.6 is 11.8 Å². The molecule has 120 valence electrons. The summed E-state index contributed by atoms with van der Waals surface area (Å²) in [4.78, 5) is 2.13. The molecule has 0 spiro atoms. The van der Waals surface area contributed by atoms with Crippen molar-refractivity contribution in [2.24, 2.45) is 15.9 Å². The summed E-state index contributed by atoms with van der Waals surface area (Å²) in [7, 11) is 4.10. The van der Waals surface area contributed by atoms with E-state index in [4.69, 9.17) is 5.73 Å². The summed E-state index contributed by atoms with van der Waals surface area (Å²) >= 11 is 1.48. The molecule has 0 unspecified atom stereocenters. The molecule has 2 N–H and O–H groups in total. The van der Waals surface area contributed by atoms with Crippen molar-refractivity contribution in [2.45, 2.75) is 12.3 Å². The second kappa shape index (κ2) is 9.12. The highest BCUT2D eigenvalue weighted by atomic mass is 32.2. The lowest BCUT2D eigenvalue weighted by Gasteiger charge is -2.09. The molecule has 0 atom stereocenters. The van der Waals surface area contributed by atoms with Crippen LogP contribution in [0, 0.1) is 0 Å². The topological polar surface area (TPSA) is 54.0 Å². The fraction of sp³-hybridized carbons (Fsp3) is 0.222. The Morgan fingerprint density at radius 1 is 1.09 bits per heavy atom. The van der Waals surface area contributed by atoms with Gasteiger partial charge in [-0.3, -0.25) is 0 Å². The van der Waals surface area contributed by atoms with Gasteiger partial charge in [0.05, 0.1) is 6.21 Å². The Balaban J connectivity index is 1.89. The second-order valence-electron chi connectivity index (χ2n) is 5.44. The maximum Gasteiger partial charge on any atom is 0.180 e. The standard InChI is InChI=1S/C18H22N4S/c1-22(2)13-17-10-6-9-16(11-17)12-20-21-18(19)23-14-15-7-4-3-5-8-15/h3-12H,13-14H2,1-2H3,(H2,19,21). The SMILES string of the molecule is CN(C)Cc1cccc(C=NN=C(N)SCc2ccccc2)c1. The van der Waals surface area contributed by atoms with E-state index in [9.17, 15) is 0 Å². The molecular formula is C18H22N4S. The van der Waals surface area contributed by atoms with E-state index in [1.165, 1.54) is 22.9 Å². The van der Waals surface area contributed by atoms with Gasteiger partial charge in [0, 0.05) is 12.3 Å². The Kier molecular flexibility index (Phi) is 6.84. The van der Waals surface area contributed by atoms with Gasteiger partial charge in [-0.15, -0.1) is 5.10 Å². The third-order valence-electron chi connectivity index (χ3n) is 3.04. The monoisotopic (exact) mass is 326 g/mol. The van der Waals surface area contributed by atoms with Crippen molar-refractivity contribution in [1.82, 2.24) is 4.90 Å². The first-order valence-corrected chi connectivity index (χ1v) is 8.39. The van der Waals surface area contributed by atoms with Gasteiger partial charge in [0.15, 0.2) is 5.17 Å². The second-order valence-corrected chi connectivity index (χ2v) is 6.44. The van der Waals surface area contributed by atoms with Crippen LogP contribution in [0.25, 0.3) is 0 Å². The zero-order valence-electron chi connectivity index (χ0n) is 13.5. The molecular weight excluding hydrogens is 304 g/mol. The van der Waals surface area contributed by atoms with Crippen LogP contribution in [-0.2, 0) is 12.3 Å². The molecule has 0 fully saturated rings. The van der Waals surface area contributed by atoms with E-state index < -0.39 is 0 Å². The summed E-state index contributed by atoms with van der Waals surface area (Å²) in [6, 6.07) is 18.4. The number of nitrogens with two attached hydrogens (primary N) is 1. The highest BCUT2D eigenvalue weighted by Crippen LogP contribution is 2.11. The predicted octanol–water partition coefficient (Wildman–Crippen LogP) is 3.33. The summed E-state index contributed by atoms with van der Waals surface area (Å²) in [5, 5.41) is 8.59. The lowest BCUT2D eigenvalue weighted by Crippen LogP contribution is -2.10. The largest absolute Gasteiger partial charge is 0.377 e. The van der Waals surface area contributed by atoms with E-state index in [1.807, 2.05) is 30.3 Å². The van der Waals surface area contributed by atoms with Crippen molar-refractivity contribution >= 4 is 23.1 Å². The van der Waals surface area contributed by atoms with E-state index in [1.54, 1.807) is 6.21 Å². The van der Waals surface area contributed by atoms with Crippen LogP contribution in [-0.4, -0.2) is 30.4 Å². The molecule has 2 aromatic carbocycles. The number of rotatable bonds is 6. The van der Waals surface area contributed by atoms with Gasteiger partial charge in [-0.25, -0.2) is 0 Å². The minimum atomic E-state index is 0.467. The average Bonchev–Trinajstić information content (AvgIpc) is 2.54. The number of benzene rings is 2. The van der Waals surface area contributed by atoms with Gasteiger partial charge in [0.1, 0.15) is 0 Å². The van der Waals surface area contributed by atoms with E-state index in [0.717, 1.165) is 17.9 Å². The molecule has 0 aliphatic rings. The summed E-state index contributed by atoms with van der Waals surface area (Å²) in [6.45, 7) is 0.903. The minimum Gasteiger partial charge on any atom is -0.377 e. The van der Waals surface area contributed by atoms with E-state index in [0.29, 0.717) is 5.17 Å². The Labute approximate surface area is 142 Å². The summed E-state index contributed by atoms with van der Waals surface area (Å²) in [5.41, 5.74) is 9.36. The van der Waals surface area contributed by atoms with Crippen molar-refractivity contribution in [3.05, 3.63) is 71.3 Å². The van der Waals surface area contributed by atoms with Gasteiger partial charge >= 0.3 is 0 Å². The van der Waals surface area contributed by atoms with Gasteiger partial charge in [-0.05, 0) is 36.9 Å². The number of amidine groups is 1. The third kappa shape index (κ3) is 6.67. The molecule has 0 amide bonds. The van der Waals surface area contributed by atoms with Crippen LogP contribution in [0.15, 0.2) is 64.8 Å². The maximum absolute atomic E-state index is 5.87. The molecule has 4 nitrogen and oxygen atoms in total. The lowest BCUT2D eigenvalue weighted by molar-refractivity contribution is 0.402. The highest BCUT2D eigenvalue weighted by molar-refractivity contribution is 8.13. The Hall–Kier alpha value is -2.11. The van der Waals surface area contributed by atoms with Crippen molar-refractivity contribution in [3.63, 3.8) is 0 Å². The Morgan fingerprint density at radius 3 is 2.57 bits per heavy atom. The normalized spacial score (nSPS) is 12.2. The highest BCUT2D eigenvalue weighted by Gasteiger charge is 1.97. The van der Waals surface area contributed by atoms with Crippen LogP contribution in [0.4, 0.5) is 0 Å². The fourth-order valence-electron chi connectivity index (χ4n) is 2.05.